The Morgan fingerprint density at radius 1 is 0.933 bits per heavy atom. The van der Waals surface area contributed by atoms with E-state index < -0.39 is 10.0 Å². The minimum Gasteiger partial charge on any atom is -0.381 e. The summed E-state index contributed by atoms with van der Waals surface area (Å²) in [5, 5.41) is 3.05. The Balaban J connectivity index is 1.62. The van der Waals surface area contributed by atoms with Crippen LogP contribution in [0, 0.1) is 5.92 Å². The molecule has 1 N–H and O–H groups in total. The van der Waals surface area contributed by atoms with Gasteiger partial charge in [-0.2, -0.15) is 4.31 Å². The van der Waals surface area contributed by atoms with Crippen LogP contribution in [-0.4, -0.2) is 71.2 Å². The molecule has 3 heterocycles. The van der Waals surface area contributed by atoms with Gasteiger partial charge in [0.2, 0.25) is 15.9 Å². The van der Waals surface area contributed by atoms with Crippen molar-refractivity contribution in [2.75, 3.05) is 62.8 Å². The van der Waals surface area contributed by atoms with Crippen molar-refractivity contribution in [3.8, 4) is 0 Å². The van der Waals surface area contributed by atoms with Gasteiger partial charge in [0.1, 0.15) is 0 Å². The highest BCUT2D eigenvalue weighted by molar-refractivity contribution is 7.89. The van der Waals surface area contributed by atoms with Crippen LogP contribution in [0.5, 0.6) is 0 Å². The van der Waals surface area contributed by atoms with Gasteiger partial charge in [-0.25, -0.2) is 8.42 Å². The van der Waals surface area contributed by atoms with E-state index in [1.165, 1.54) is 10.7 Å². The second kappa shape index (κ2) is 9.64. The quantitative estimate of drug-likeness (QED) is 0.759. The number of morpholine rings is 1. The van der Waals surface area contributed by atoms with Gasteiger partial charge in [0, 0.05) is 45.3 Å². The molecule has 166 valence electrons. The fraction of sp³-hybridized carbons (Fsp3) is 0.667. The summed E-state index contributed by atoms with van der Waals surface area (Å²) in [6.45, 7) is 4.49. The van der Waals surface area contributed by atoms with Gasteiger partial charge in [0.25, 0.3) is 0 Å². The lowest BCUT2D eigenvalue weighted by Crippen LogP contribution is -2.40. The number of rotatable bonds is 5. The number of sulfonamides is 1. The first-order chi connectivity index (χ1) is 14.6. The highest BCUT2D eigenvalue weighted by Gasteiger charge is 2.29. The Morgan fingerprint density at radius 3 is 2.30 bits per heavy atom. The van der Waals surface area contributed by atoms with Crippen LogP contribution in [0.3, 0.4) is 0 Å². The second-order valence-electron chi connectivity index (χ2n) is 8.12. The zero-order valence-corrected chi connectivity index (χ0v) is 18.2. The van der Waals surface area contributed by atoms with E-state index in [9.17, 15) is 13.2 Å². The number of hydrogen-bond donors (Lipinski definition) is 1. The van der Waals surface area contributed by atoms with Crippen molar-refractivity contribution in [1.29, 1.82) is 0 Å². The van der Waals surface area contributed by atoms with Crippen LogP contribution in [-0.2, 0) is 24.3 Å². The maximum absolute atomic E-state index is 13.1. The van der Waals surface area contributed by atoms with E-state index in [-0.39, 0.29) is 16.7 Å². The topological polar surface area (TPSA) is 88.2 Å². The molecule has 0 aromatic heterocycles. The van der Waals surface area contributed by atoms with Gasteiger partial charge in [-0.3, -0.25) is 4.79 Å². The zero-order chi connectivity index (χ0) is 21.0. The van der Waals surface area contributed by atoms with Crippen molar-refractivity contribution in [3.05, 3.63) is 18.2 Å². The fourth-order valence-corrected chi connectivity index (χ4v) is 5.75. The summed E-state index contributed by atoms with van der Waals surface area (Å²) in [6, 6.07) is 5.14. The Kier molecular flexibility index (Phi) is 6.92. The highest BCUT2D eigenvalue weighted by Crippen LogP contribution is 2.33. The van der Waals surface area contributed by atoms with E-state index >= 15 is 0 Å². The standard InChI is InChI=1S/C21H31N3O5S/c25-21(17-6-12-28-13-7-17)22-19-16-18(30(26,27)24-10-14-29-15-11-24)4-5-20(19)23-8-2-1-3-9-23/h4-5,16-17H,1-3,6-15H2,(H,22,25). The molecule has 1 amide bonds. The normalized spacial score (nSPS) is 22.1. The Bertz CT molecular complexity index is 842. The Labute approximate surface area is 178 Å². The molecule has 8 nitrogen and oxygen atoms in total. The third-order valence-corrected chi connectivity index (χ3v) is 8.02. The number of carbonyl (C=O) groups is 1. The number of amides is 1. The molecule has 0 atom stereocenters. The number of ether oxygens (including phenoxy) is 2. The van der Waals surface area contributed by atoms with Gasteiger partial charge >= 0.3 is 0 Å². The van der Waals surface area contributed by atoms with E-state index in [4.69, 9.17) is 9.47 Å². The molecule has 1 aromatic rings. The summed E-state index contributed by atoms with van der Waals surface area (Å²) in [5.74, 6) is -0.162. The van der Waals surface area contributed by atoms with E-state index in [1.807, 2.05) is 6.07 Å². The SMILES string of the molecule is O=C(Nc1cc(S(=O)(=O)N2CCOCC2)ccc1N1CCCCC1)C1CCOCC1. The molecule has 0 spiro atoms. The van der Waals surface area contributed by atoms with Crippen molar-refractivity contribution < 1.29 is 22.7 Å². The maximum atomic E-state index is 13.1. The van der Waals surface area contributed by atoms with E-state index in [2.05, 4.69) is 10.2 Å². The highest BCUT2D eigenvalue weighted by atomic mass is 32.2. The monoisotopic (exact) mass is 437 g/mol. The van der Waals surface area contributed by atoms with Crippen molar-refractivity contribution >= 4 is 27.3 Å². The van der Waals surface area contributed by atoms with Crippen LogP contribution in [0.15, 0.2) is 23.1 Å². The van der Waals surface area contributed by atoms with Crippen molar-refractivity contribution in [2.24, 2.45) is 5.92 Å². The molecule has 0 bridgehead atoms. The lowest BCUT2D eigenvalue weighted by Gasteiger charge is -2.32. The van der Waals surface area contributed by atoms with E-state index in [0.717, 1.165) is 31.6 Å². The fourth-order valence-electron chi connectivity index (χ4n) is 4.32. The van der Waals surface area contributed by atoms with Crippen LogP contribution in [0.1, 0.15) is 32.1 Å². The van der Waals surface area contributed by atoms with Gasteiger partial charge in [-0.15, -0.1) is 0 Å². The van der Waals surface area contributed by atoms with Crippen LogP contribution in [0.25, 0.3) is 0 Å². The van der Waals surface area contributed by atoms with Crippen LogP contribution in [0.4, 0.5) is 11.4 Å². The minimum atomic E-state index is -3.63. The molecule has 0 aliphatic carbocycles. The summed E-state index contributed by atoms with van der Waals surface area (Å²) in [4.78, 5) is 15.4. The maximum Gasteiger partial charge on any atom is 0.243 e. The summed E-state index contributed by atoms with van der Waals surface area (Å²) in [6.07, 6.45) is 4.78. The molecule has 4 rings (SSSR count). The minimum absolute atomic E-state index is 0.0579. The van der Waals surface area contributed by atoms with Crippen molar-refractivity contribution in [3.63, 3.8) is 0 Å². The third-order valence-electron chi connectivity index (χ3n) is 6.12. The van der Waals surface area contributed by atoms with E-state index in [0.29, 0.717) is 58.0 Å². The zero-order valence-electron chi connectivity index (χ0n) is 17.3. The molecule has 3 fully saturated rings. The van der Waals surface area contributed by atoms with Crippen LogP contribution >= 0.6 is 0 Å². The molecule has 9 heteroatoms. The second-order valence-corrected chi connectivity index (χ2v) is 10.1. The Hall–Kier alpha value is -1.68. The molecule has 0 radical (unpaired) electrons. The predicted molar refractivity (Wildman–Crippen MR) is 114 cm³/mol. The first kappa shape index (κ1) is 21.5. The van der Waals surface area contributed by atoms with Crippen LogP contribution in [0.2, 0.25) is 0 Å². The number of nitrogens with one attached hydrogen (secondary N) is 1. The van der Waals surface area contributed by atoms with Gasteiger partial charge in [0.05, 0.1) is 29.5 Å². The summed E-state index contributed by atoms with van der Waals surface area (Å²) < 4.78 is 38.4. The van der Waals surface area contributed by atoms with Gasteiger partial charge < -0.3 is 19.7 Å². The average molecular weight is 438 g/mol. The lowest BCUT2D eigenvalue weighted by atomic mass is 9.99. The number of anilines is 2. The number of benzene rings is 1. The summed E-state index contributed by atoms with van der Waals surface area (Å²) in [5.41, 5.74) is 1.48. The molecule has 0 saturated carbocycles. The van der Waals surface area contributed by atoms with Crippen molar-refractivity contribution in [1.82, 2.24) is 4.31 Å². The number of carbonyl (C=O) groups excluding carboxylic acids is 1. The third kappa shape index (κ3) is 4.80. The average Bonchev–Trinajstić information content (AvgIpc) is 2.81. The molecule has 3 aliphatic heterocycles. The molecule has 3 saturated heterocycles. The molecule has 3 aliphatic rings. The molecular formula is C21H31N3O5S. The predicted octanol–water partition coefficient (Wildman–Crippen LogP) is 2.06. The molecule has 30 heavy (non-hydrogen) atoms. The molecule has 0 unspecified atom stereocenters. The first-order valence-corrected chi connectivity index (χ1v) is 12.4. The van der Waals surface area contributed by atoms with Crippen molar-refractivity contribution in [2.45, 2.75) is 37.0 Å². The van der Waals surface area contributed by atoms with Gasteiger partial charge in [-0.05, 0) is 50.3 Å². The first-order valence-electron chi connectivity index (χ1n) is 10.9. The molecular weight excluding hydrogens is 406 g/mol. The smallest absolute Gasteiger partial charge is 0.243 e. The lowest BCUT2D eigenvalue weighted by molar-refractivity contribution is -0.122. The number of piperidine rings is 1. The van der Waals surface area contributed by atoms with Crippen LogP contribution < -0.4 is 10.2 Å². The summed E-state index contributed by atoms with van der Waals surface area (Å²) >= 11 is 0. The summed E-state index contributed by atoms with van der Waals surface area (Å²) in [7, 11) is -3.63. The van der Waals surface area contributed by atoms with E-state index in [1.54, 1.807) is 12.1 Å². The largest absolute Gasteiger partial charge is 0.381 e. The number of nitrogens with zero attached hydrogens (tertiary/aromatic N) is 2. The van der Waals surface area contributed by atoms with Gasteiger partial charge in [-0.1, -0.05) is 0 Å². The molecule has 1 aromatic carbocycles. The van der Waals surface area contributed by atoms with Gasteiger partial charge in [0.15, 0.2) is 0 Å². The Morgan fingerprint density at radius 2 is 1.60 bits per heavy atom. The number of hydrogen-bond acceptors (Lipinski definition) is 6.